The van der Waals surface area contributed by atoms with E-state index < -0.39 is 125 Å². The fourth-order valence-corrected chi connectivity index (χ4v) is 15.2. The minimum atomic E-state index is -1.18. The molecule has 3 aliphatic rings. The molecule has 1 radical (unpaired) electrons. The SMILES string of the molecule is CC(=O)N[C@@H](CC1=CCC=N1)C(=O)C[C@@H](CC(C)C)[C@@H](O)CC(=O)N[C@@H](CC(C)C)C(N)=O.CCCC(=O)[C@@H](NC(=O)[C@H](C)CC(=O)[C@H](Cc1c[nH]c2ccccc12)NC(=O)[C@H](CCC(N)=O)CC(=O)[C@@H](Cc1ccccc1)NC(=O)CN1CCC(CC(=O)CN2CCN(CC(=O)O)CCN(CC(=O)O)CCN(CC(=O)O)CC2)CC1)C(C)C.[177Lu]. The van der Waals surface area contributed by atoms with Crippen LogP contribution >= 0.6 is 0 Å². The first-order chi connectivity index (χ1) is 56.3. The van der Waals surface area contributed by atoms with E-state index in [0.717, 1.165) is 22.2 Å². The van der Waals surface area contributed by atoms with Gasteiger partial charge in [0, 0.05) is 195 Å². The van der Waals surface area contributed by atoms with Crippen molar-refractivity contribution in [3.8, 4) is 0 Å². The van der Waals surface area contributed by atoms with E-state index in [1.807, 2.05) is 107 Å². The summed E-state index contributed by atoms with van der Waals surface area (Å²) in [5.74, 6) is -10.6. The fourth-order valence-electron chi connectivity index (χ4n) is 15.2. The van der Waals surface area contributed by atoms with E-state index in [9.17, 15) is 92.3 Å². The zero-order valence-electron chi connectivity index (χ0n) is 71.1. The van der Waals surface area contributed by atoms with Crippen LogP contribution in [0.1, 0.15) is 170 Å². The van der Waals surface area contributed by atoms with Crippen LogP contribution in [0, 0.1) is 78.3 Å². The van der Waals surface area contributed by atoms with Gasteiger partial charge in [0.05, 0.1) is 69.4 Å². The number of aliphatic imine (C=N–C) groups is 1. The van der Waals surface area contributed by atoms with Gasteiger partial charge in [0.2, 0.25) is 41.4 Å². The van der Waals surface area contributed by atoms with Crippen LogP contribution in [0.4, 0.5) is 0 Å². The number of nitrogens with zero attached hydrogens (tertiary/aromatic N) is 6. The number of primary amides is 2. The minimum absolute atomic E-state index is 0. The number of aromatic nitrogens is 1. The number of carboxylic acids is 3. The van der Waals surface area contributed by atoms with E-state index in [2.05, 4.69) is 36.6 Å². The molecule has 3 aromatic rings. The first-order valence-electron chi connectivity index (χ1n) is 41.8. The summed E-state index contributed by atoms with van der Waals surface area (Å²) in [6, 6.07) is 11.9. The molecular formula is C86H130LuN14O19. The molecule has 3 aliphatic heterocycles. The van der Waals surface area contributed by atoms with Crippen molar-refractivity contribution >= 4 is 105 Å². The summed E-state index contributed by atoms with van der Waals surface area (Å²) in [7, 11) is 0. The molecular weight excluding hydrogens is 1710 g/mol. The van der Waals surface area contributed by atoms with E-state index in [4.69, 9.17) is 11.5 Å². The van der Waals surface area contributed by atoms with Crippen molar-refractivity contribution in [2.75, 3.05) is 98.2 Å². The number of carbonyl (C=O) groups excluding carboxylic acids is 12. The first-order valence-corrected chi connectivity index (χ1v) is 41.8. The summed E-state index contributed by atoms with van der Waals surface area (Å²) in [6.07, 6.45) is 7.35. The number of nitrogens with two attached hydrogens (primary N) is 2. The molecule has 673 valence electrons. The molecule has 14 N–H and O–H groups in total. The Labute approximate surface area is 733 Å². The number of nitrogens with one attached hydrogen (secondary N) is 6. The number of carboxylic acid groups (broad SMARTS) is 3. The van der Waals surface area contributed by atoms with Crippen molar-refractivity contribution in [1.82, 2.24) is 56.1 Å². The quantitative estimate of drug-likeness (QED) is 0.0384. The second-order valence-corrected chi connectivity index (χ2v) is 33.3. The Morgan fingerprint density at radius 3 is 1.57 bits per heavy atom. The second kappa shape index (κ2) is 54.0. The Balaban J connectivity index is 0.000000744. The summed E-state index contributed by atoms with van der Waals surface area (Å²) in [4.78, 5) is 210. The molecule has 0 bridgehead atoms. The van der Waals surface area contributed by atoms with Crippen molar-refractivity contribution in [2.45, 2.75) is 208 Å². The van der Waals surface area contributed by atoms with Crippen LogP contribution in [-0.4, -0.2) is 279 Å². The van der Waals surface area contributed by atoms with Crippen LogP contribution in [0.2, 0.25) is 0 Å². The van der Waals surface area contributed by atoms with Gasteiger partial charge in [-0.15, -0.1) is 0 Å². The standard InChI is InChI=1S/C62H90N10O14.C24H40N4O5.Lu/c1-5-11-52(74)60(41(2)3)67-61(85)42(4)30-53(75)51(33-46-35-64-49-15-10-9-14-48(46)49)66-62(86)45(16-17-55(63)77)34-54(76)50(32-43-12-7-6-8-13-43)65-56(78)37-68-20-18-44(19-21-68)31-47(73)36-69-22-24-70(38-57(79)80)26-28-72(40-59(83)84)29-27-71(25-23-69)39-58(81)82;1-14(2)9-17(21(30)13-23(32)28-20(24(25)33)10-15(3)4)11-22(31)19(27-16(5)29)12-18-7-6-8-26-18;/h6-10,12-15,35,41-42,44-45,50-51,60,64H,5,11,16-34,36-40H2,1-4H3,(H2,63,77)(H,65,78)(H,66,86)(H,67,85)(H,79,80)(H,81,82)(H,83,84);7-8,14-15,17,19-21,30H,6,9-13H2,1-5H3,(H2,25,33)(H,27,29)(H,28,32);/t42-,45-,50-,51+,60+;17-,19+,20+,21+;/m11./s1/i;;1+2. The molecule has 0 aliphatic carbocycles. The number of aliphatic carboxylic acids is 3. The molecule has 6 rings (SSSR count). The van der Waals surface area contributed by atoms with Crippen LogP contribution in [-0.2, 0) is 84.8 Å². The molecule has 0 unspecified atom stereocenters. The number of allylic oxidation sites excluding steroid dienone is 1. The predicted octanol–water partition coefficient (Wildman–Crippen LogP) is 3.64. The summed E-state index contributed by atoms with van der Waals surface area (Å²) < 4.78 is 0. The van der Waals surface area contributed by atoms with Crippen LogP contribution in [0.3, 0.4) is 0 Å². The van der Waals surface area contributed by atoms with Crippen LogP contribution < -0.4 is 38.1 Å². The monoisotopic (exact) mass is 1840 g/mol. The largest absolute Gasteiger partial charge is 0.480 e. The van der Waals surface area contributed by atoms with Gasteiger partial charge in [-0.05, 0) is 105 Å². The van der Waals surface area contributed by atoms with Gasteiger partial charge in [0.15, 0.2) is 23.1 Å². The number of hydrogen-bond acceptors (Lipinski definition) is 22. The number of aliphatic hydroxyl groups excluding tert-OH is 1. The van der Waals surface area contributed by atoms with Gasteiger partial charge < -0.3 is 63.5 Å². The molecule has 2 fully saturated rings. The molecule has 0 spiro atoms. The van der Waals surface area contributed by atoms with Crippen molar-refractivity contribution in [2.24, 2.45) is 57.9 Å². The fraction of sp³-hybridized carbons (Fsp3) is 0.628. The summed E-state index contributed by atoms with van der Waals surface area (Å²) in [5.41, 5.74) is 14.0. The van der Waals surface area contributed by atoms with Crippen molar-refractivity contribution in [3.05, 3.63) is 83.7 Å². The smallest absolute Gasteiger partial charge is 0.317 e. The average molecular weight is 1840 g/mol. The third-order valence-corrected chi connectivity index (χ3v) is 21.6. The second-order valence-electron chi connectivity index (χ2n) is 33.3. The number of hydrogen-bond donors (Lipinski definition) is 12. The third kappa shape index (κ3) is 39.5. The molecule has 33 nitrogen and oxygen atoms in total. The van der Waals surface area contributed by atoms with Crippen LogP contribution in [0.25, 0.3) is 10.9 Å². The maximum atomic E-state index is 14.6. The van der Waals surface area contributed by atoms with Gasteiger partial charge in [0.1, 0.15) is 11.8 Å². The summed E-state index contributed by atoms with van der Waals surface area (Å²) in [6.45, 7) is 18.6. The molecule has 4 heterocycles. The third-order valence-electron chi connectivity index (χ3n) is 21.6. The van der Waals surface area contributed by atoms with Gasteiger partial charge in [-0.1, -0.05) is 110 Å². The number of ketones is 5. The molecule has 2 aromatic carbocycles. The number of para-hydroxylation sites is 1. The number of rotatable bonds is 49. The van der Waals surface area contributed by atoms with Crippen molar-refractivity contribution in [3.63, 3.8) is 0 Å². The van der Waals surface area contributed by atoms with Crippen LogP contribution in [0.15, 0.2) is 77.6 Å². The molecule has 120 heavy (non-hydrogen) atoms. The number of likely N-dealkylation sites (tertiary alicyclic amines) is 1. The molecule has 1 aromatic heterocycles. The van der Waals surface area contributed by atoms with E-state index >= 15 is 0 Å². The zero-order chi connectivity index (χ0) is 88.0. The number of aliphatic hydroxyl groups is 1. The number of aromatic amines is 1. The van der Waals surface area contributed by atoms with Gasteiger partial charge >= 0.3 is 17.9 Å². The molecule has 0 saturated carbocycles. The van der Waals surface area contributed by atoms with E-state index in [-0.39, 0.29) is 220 Å². The minimum Gasteiger partial charge on any atom is -0.480 e. The molecule has 9 atom stereocenters. The summed E-state index contributed by atoms with van der Waals surface area (Å²) >= 11 is 0. The number of amides is 7. The van der Waals surface area contributed by atoms with Crippen molar-refractivity contribution < 1.29 is 129 Å². The van der Waals surface area contributed by atoms with Gasteiger partial charge in [-0.3, -0.25) is 101 Å². The maximum Gasteiger partial charge on any atom is 0.317 e. The Hall–Kier alpha value is -8.57. The normalized spacial score (nSPS) is 17.1. The van der Waals surface area contributed by atoms with Crippen LogP contribution in [0.5, 0.6) is 0 Å². The Kier molecular flexibility index (Phi) is 46.7. The topological polar surface area (TPSA) is 494 Å². The van der Waals surface area contributed by atoms with Crippen molar-refractivity contribution in [1.29, 1.82) is 0 Å². The number of piperidine rings is 1. The number of benzene rings is 2. The Morgan fingerprint density at radius 1 is 0.542 bits per heavy atom. The first kappa shape index (κ1) is 104. The summed E-state index contributed by atoms with van der Waals surface area (Å²) in [5, 5.41) is 54.2. The Bertz CT molecular complexity index is 3930. The number of Topliss-reactive ketones (excluding diaryl/α,β-unsaturated/α-hetero) is 5. The van der Waals surface area contributed by atoms with Gasteiger partial charge in [-0.2, -0.15) is 0 Å². The molecule has 7 amide bonds. The zero-order valence-corrected chi connectivity index (χ0v) is 72.7. The van der Waals surface area contributed by atoms with E-state index in [1.54, 1.807) is 46.2 Å². The number of fused-ring (bicyclic) bond motifs is 1. The number of carbonyl (C=O) groups is 15. The predicted molar refractivity (Wildman–Crippen MR) is 448 cm³/mol. The maximum absolute atomic E-state index is 14.6. The van der Waals surface area contributed by atoms with Gasteiger partial charge in [-0.25, -0.2) is 0 Å². The number of H-pyrrole nitrogens is 1. The van der Waals surface area contributed by atoms with E-state index in [1.165, 1.54) is 6.92 Å². The Morgan fingerprint density at radius 2 is 1.06 bits per heavy atom. The van der Waals surface area contributed by atoms with Gasteiger partial charge in [0.25, 0.3) is 0 Å². The molecule has 34 heteroatoms. The average Bonchev–Trinajstić information content (AvgIpc) is 1.58. The molecule has 2 saturated heterocycles. The van der Waals surface area contributed by atoms with E-state index in [0.29, 0.717) is 70.3 Å².